The van der Waals surface area contributed by atoms with Crippen LogP contribution in [0.2, 0.25) is 0 Å². The predicted molar refractivity (Wildman–Crippen MR) is 116 cm³/mol. The number of ether oxygens (including phenoxy) is 1. The van der Waals surface area contributed by atoms with Gasteiger partial charge < -0.3 is 10.1 Å². The first-order valence-electron chi connectivity index (χ1n) is 9.74. The van der Waals surface area contributed by atoms with E-state index in [1.807, 2.05) is 18.5 Å². The molecule has 0 aliphatic carbocycles. The number of halogens is 1. The minimum absolute atomic E-state index is 0. The van der Waals surface area contributed by atoms with E-state index in [1.165, 1.54) is 16.7 Å². The Morgan fingerprint density at radius 1 is 0.893 bits per heavy atom. The summed E-state index contributed by atoms with van der Waals surface area (Å²) in [7, 11) is 0. The molecular weight excluding hydrogens is 368 g/mol. The van der Waals surface area contributed by atoms with E-state index in [1.54, 1.807) is 0 Å². The minimum atomic E-state index is 0. The van der Waals surface area contributed by atoms with Crippen molar-refractivity contribution in [2.45, 2.75) is 37.5 Å². The SMILES string of the molecule is Cl.c1ccc(C(c2ccccc2)[C@@H]2CC[C@H](NCc3cccnc3)CO2)cc1. The second kappa shape index (κ2) is 10.4. The summed E-state index contributed by atoms with van der Waals surface area (Å²) in [4.78, 5) is 4.18. The monoisotopic (exact) mass is 394 g/mol. The molecule has 0 radical (unpaired) electrons. The Bertz CT molecular complexity index is 766. The molecule has 1 aromatic heterocycles. The molecule has 3 nitrogen and oxygen atoms in total. The molecule has 0 saturated carbocycles. The second-order valence-corrected chi connectivity index (χ2v) is 7.19. The fraction of sp³-hybridized carbons (Fsp3) is 0.292. The van der Waals surface area contributed by atoms with Crippen LogP contribution in [0.3, 0.4) is 0 Å². The van der Waals surface area contributed by atoms with E-state index in [-0.39, 0.29) is 24.4 Å². The van der Waals surface area contributed by atoms with Crippen LogP contribution in [0.4, 0.5) is 0 Å². The molecule has 2 aromatic carbocycles. The van der Waals surface area contributed by atoms with Gasteiger partial charge in [-0.25, -0.2) is 0 Å². The van der Waals surface area contributed by atoms with E-state index >= 15 is 0 Å². The largest absolute Gasteiger partial charge is 0.376 e. The number of benzene rings is 2. The lowest BCUT2D eigenvalue weighted by molar-refractivity contribution is -0.0116. The van der Waals surface area contributed by atoms with Crippen molar-refractivity contribution in [1.29, 1.82) is 0 Å². The molecule has 1 aliphatic rings. The van der Waals surface area contributed by atoms with Crippen LogP contribution in [0, 0.1) is 0 Å². The Hall–Kier alpha value is -2.20. The molecule has 4 rings (SSSR count). The van der Waals surface area contributed by atoms with Crippen LogP contribution in [0.5, 0.6) is 0 Å². The number of aromatic nitrogens is 1. The van der Waals surface area contributed by atoms with Gasteiger partial charge in [-0.05, 0) is 35.6 Å². The summed E-state index contributed by atoms with van der Waals surface area (Å²) in [6.07, 6.45) is 6.12. The van der Waals surface area contributed by atoms with Gasteiger partial charge in [0.1, 0.15) is 0 Å². The molecule has 1 N–H and O–H groups in total. The highest BCUT2D eigenvalue weighted by molar-refractivity contribution is 5.85. The van der Waals surface area contributed by atoms with Gasteiger partial charge in [-0.1, -0.05) is 66.7 Å². The van der Waals surface area contributed by atoms with Crippen molar-refractivity contribution in [2.75, 3.05) is 6.61 Å². The van der Waals surface area contributed by atoms with Gasteiger partial charge in [0.05, 0.1) is 12.7 Å². The number of pyridine rings is 1. The Balaban J connectivity index is 0.00000225. The van der Waals surface area contributed by atoms with Gasteiger partial charge in [-0.15, -0.1) is 12.4 Å². The zero-order valence-electron chi connectivity index (χ0n) is 15.9. The van der Waals surface area contributed by atoms with Crippen molar-refractivity contribution in [3.63, 3.8) is 0 Å². The Morgan fingerprint density at radius 3 is 2.11 bits per heavy atom. The van der Waals surface area contributed by atoms with Crippen LogP contribution in [0.15, 0.2) is 85.2 Å². The minimum Gasteiger partial charge on any atom is -0.376 e. The van der Waals surface area contributed by atoms with Crippen molar-refractivity contribution in [3.8, 4) is 0 Å². The van der Waals surface area contributed by atoms with Crippen molar-refractivity contribution in [2.24, 2.45) is 0 Å². The fourth-order valence-electron chi connectivity index (χ4n) is 3.90. The fourth-order valence-corrected chi connectivity index (χ4v) is 3.90. The second-order valence-electron chi connectivity index (χ2n) is 7.19. The lowest BCUT2D eigenvalue weighted by atomic mass is 9.83. The maximum atomic E-state index is 6.37. The molecule has 28 heavy (non-hydrogen) atoms. The Morgan fingerprint density at radius 2 is 1.57 bits per heavy atom. The molecule has 1 saturated heterocycles. The quantitative estimate of drug-likeness (QED) is 0.640. The molecule has 2 heterocycles. The number of hydrogen-bond donors (Lipinski definition) is 1. The summed E-state index contributed by atoms with van der Waals surface area (Å²) in [5.74, 6) is 0.284. The van der Waals surface area contributed by atoms with Gasteiger partial charge in [0.2, 0.25) is 0 Å². The third-order valence-corrected chi connectivity index (χ3v) is 5.32. The number of nitrogens with zero attached hydrogens (tertiary/aromatic N) is 1. The Kier molecular flexibility index (Phi) is 7.61. The molecule has 2 atom stereocenters. The van der Waals surface area contributed by atoms with E-state index in [9.17, 15) is 0 Å². The highest BCUT2D eigenvalue weighted by Crippen LogP contribution is 2.34. The average molecular weight is 395 g/mol. The molecule has 1 aliphatic heterocycles. The third kappa shape index (κ3) is 5.20. The van der Waals surface area contributed by atoms with Gasteiger partial charge in [-0.3, -0.25) is 4.98 Å². The van der Waals surface area contributed by atoms with Crippen LogP contribution in [0.25, 0.3) is 0 Å². The average Bonchev–Trinajstić information content (AvgIpc) is 2.76. The Labute approximate surface area is 173 Å². The first-order valence-corrected chi connectivity index (χ1v) is 9.74. The number of hydrogen-bond acceptors (Lipinski definition) is 3. The molecule has 4 heteroatoms. The molecule has 0 bridgehead atoms. The summed E-state index contributed by atoms with van der Waals surface area (Å²) in [5, 5.41) is 3.61. The van der Waals surface area contributed by atoms with E-state index in [4.69, 9.17) is 4.74 Å². The lowest BCUT2D eigenvalue weighted by Gasteiger charge is -2.35. The van der Waals surface area contributed by atoms with Crippen molar-refractivity contribution >= 4 is 12.4 Å². The van der Waals surface area contributed by atoms with Crippen molar-refractivity contribution in [3.05, 3.63) is 102 Å². The maximum Gasteiger partial charge on any atom is 0.0685 e. The molecular formula is C24H27ClN2O. The molecule has 0 unspecified atom stereocenters. The first-order chi connectivity index (χ1) is 13.4. The normalized spacial score (nSPS) is 19.2. The first kappa shape index (κ1) is 20.5. The van der Waals surface area contributed by atoms with Crippen LogP contribution < -0.4 is 5.32 Å². The van der Waals surface area contributed by atoms with Gasteiger partial charge in [-0.2, -0.15) is 0 Å². The maximum absolute atomic E-state index is 6.37. The van der Waals surface area contributed by atoms with E-state index < -0.39 is 0 Å². The van der Waals surface area contributed by atoms with E-state index in [0.717, 1.165) is 26.0 Å². The van der Waals surface area contributed by atoms with Gasteiger partial charge >= 0.3 is 0 Å². The number of rotatable bonds is 6. The molecule has 0 spiro atoms. The van der Waals surface area contributed by atoms with E-state index in [2.05, 4.69) is 77.0 Å². The van der Waals surface area contributed by atoms with Crippen molar-refractivity contribution < 1.29 is 4.74 Å². The molecule has 146 valence electrons. The summed E-state index contributed by atoms with van der Waals surface area (Å²) in [5.41, 5.74) is 3.87. The van der Waals surface area contributed by atoms with Crippen LogP contribution >= 0.6 is 12.4 Å². The molecule has 3 aromatic rings. The topological polar surface area (TPSA) is 34.2 Å². The summed E-state index contributed by atoms with van der Waals surface area (Å²) < 4.78 is 6.37. The zero-order chi connectivity index (χ0) is 18.3. The van der Waals surface area contributed by atoms with Crippen LogP contribution in [0.1, 0.15) is 35.4 Å². The highest BCUT2D eigenvalue weighted by Gasteiger charge is 2.30. The van der Waals surface area contributed by atoms with Gasteiger partial charge in [0, 0.05) is 30.9 Å². The summed E-state index contributed by atoms with van der Waals surface area (Å²) in [6, 6.07) is 26.0. The lowest BCUT2D eigenvalue weighted by Crippen LogP contribution is -2.41. The van der Waals surface area contributed by atoms with Crippen LogP contribution in [-0.2, 0) is 11.3 Å². The molecule has 0 amide bonds. The number of nitrogens with one attached hydrogen (secondary N) is 1. The van der Waals surface area contributed by atoms with Gasteiger partial charge in [0.15, 0.2) is 0 Å². The smallest absolute Gasteiger partial charge is 0.0685 e. The molecule has 1 fully saturated rings. The zero-order valence-corrected chi connectivity index (χ0v) is 16.7. The highest BCUT2D eigenvalue weighted by atomic mass is 35.5. The van der Waals surface area contributed by atoms with Gasteiger partial charge in [0.25, 0.3) is 0 Å². The summed E-state index contributed by atoms with van der Waals surface area (Å²) >= 11 is 0. The van der Waals surface area contributed by atoms with Crippen molar-refractivity contribution in [1.82, 2.24) is 10.3 Å². The van der Waals surface area contributed by atoms with E-state index in [0.29, 0.717) is 6.04 Å². The summed E-state index contributed by atoms with van der Waals surface area (Å²) in [6.45, 7) is 1.59. The van der Waals surface area contributed by atoms with Crippen LogP contribution in [-0.4, -0.2) is 23.7 Å². The standard InChI is InChI=1S/C24H26N2O.ClH/c1-3-9-20(10-4-1)24(21-11-5-2-6-12-21)23-14-13-22(18-27-23)26-17-19-8-7-15-25-16-19;/h1-12,15-16,22-24,26H,13-14,17-18H2;1H/t22-,23-;/m0./s1. The predicted octanol–water partition coefficient (Wildman–Crippen LogP) is 4.97. The third-order valence-electron chi connectivity index (χ3n) is 5.32.